The van der Waals surface area contributed by atoms with E-state index in [1.807, 2.05) is 0 Å². The molecule has 0 saturated carbocycles. The molecule has 2 heterocycles. The van der Waals surface area contributed by atoms with Crippen LogP contribution in [-0.4, -0.2) is 9.13 Å². The zero-order valence-corrected chi connectivity index (χ0v) is 47.8. The number of halogens is 2. The fraction of sp³-hybridized carbons (Fsp3) is 0. The van der Waals surface area contributed by atoms with Crippen LogP contribution in [0.1, 0.15) is 0 Å². The van der Waals surface area contributed by atoms with Crippen molar-refractivity contribution in [3.8, 4) is 89.3 Å². The van der Waals surface area contributed by atoms with Crippen molar-refractivity contribution in [2.45, 2.75) is 0 Å². The maximum atomic E-state index is 3.63. The highest BCUT2D eigenvalue weighted by molar-refractivity contribution is 9.10. The molecule has 0 N–H and O–H groups in total. The third kappa shape index (κ3) is 9.98. The molecule has 0 aliphatic heterocycles. The molecule has 0 spiro atoms. The fourth-order valence-corrected chi connectivity index (χ4v) is 12.5. The lowest BCUT2D eigenvalue weighted by molar-refractivity contribution is 1.18. The minimum atomic E-state index is 1.08. The van der Waals surface area contributed by atoms with Crippen LogP contribution in [0.3, 0.4) is 0 Å². The van der Waals surface area contributed by atoms with Crippen molar-refractivity contribution in [1.29, 1.82) is 0 Å². The highest BCUT2D eigenvalue weighted by atomic mass is 79.9. The Balaban J connectivity index is 0.000000148. The van der Waals surface area contributed by atoms with Crippen molar-refractivity contribution >= 4 is 75.5 Å². The molecule has 0 radical (unpaired) electrons. The second-order valence-corrected chi connectivity index (χ2v) is 22.6. The number of aromatic nitrogens is 2. The third-order valence-corrected chi connectivity index (χ3v) is 16.7. The van der Waals surface area contributed by atoms with Crippen LogP contribution in [0, 0.1) is 0 Å². The van der Waals surface area contributed by atoms with Gasteiger partial charge in [-0.05, 0) is 187 Å². The van der Waals surface area contributed by atoms with E-state index >= 15 is 0 Å². The van der Waals surface area contributed by atoms with Crippen molar-refractivity contribution in [3.63, 3.8) is 0 Å². The topological polar surface area (TPSA) is 9.86 Å². The molecule has 0 fully saturated rings. The third-order valence-electron chi connectivity index (χ3n) is 15.7. The second kappa shape index (κ2) is 22.2. The van der Waals surface area contributed by atoms with E-state index in [0.29, 0.717) is 0 Å². The molecule has 0 unspecified atom stereocenters. The number of para-hydroxylation sites is 1. The largest absolute Gasteiger partial charge is 0.309 e. The van der Waals surface area contributed by atoms with E-state index in [-0.39, 0.29) is 0 Å². The first-order valence-corrected chi connectivity index (χ1v) is 29.3. The van der Waals surface area contributed by atoms with Crippen molar-refractivity contribution in [3.05, 3.63) is 324 Å². The summed E-state index contributed by atoms with van der Waals surface area (Å²) in [5, 5.41) is 5.01. The molecule has 0 amide bonds. The van der Waals surface area contributed by atoms with Crippen LogP contribution in [0.5, 0.6) is 0 Å². The summed E-state index contributed by atoms with van der Waals surface area (Å²) in [6.45, 7) is 0. The van der Waals surface area contributed by atoms with Gasteiger partial charge in [-0.3, -0.25) is 0 Å². The highest BCUT2D eigenvalue weighted by Gasteiger charge is 2.18. The SMILES string of the molecule is Brc1cccc(-c2cccc(-c3ccc4c(c3)c3cc(-c5ccccc5)ccc3n4-c3ccc(-c4ccccc4)cc3)c2)c1.Brc1cccc(-c2cccc(-c3ccc4c(c3)c3cc(-c5ccccc5)ccc3n4-c3ccccc3)c2)c1. The molecule has 4 heteroatoms. The van der Waals surface area contributed by atoms with Gasteiger partial charge in [-0.15, -0.1) is 0 Å². The normalized spacial score (nSPS) is 11.3. The smallest absolute Gasteiger partial charge is 0.0541 e. The van der Waals surface area contributed by atoms with Gasteiger partial charge < -0.3 is 9.13 Å². The van der Waals surface area contributed by atoms with E-state index in [0.717, 1.165) is 14.6 Å². The summed E-state index contributed by atoms with van der Waals surface area (Å²) in [7, 11) is 0. The maximum Gasteiger partial charge on any atom is 0.0541 e. The Morgan fingerprint density at radius 2 is 0.402 bits per heavy atom. The summed E-state index contributed by atoms with van der Waals surface area (Å²) in [6, 6.07) is 113. The standard InChI is InChI=1S/C42H28BrN.C36H24BrN/c43-37-16-8-15-34(26-37)32-13-7-14-33(25-32)36-20-24-42-40(28-36)39-27-35(30-11-5-2-6-12-30)19-23-41(39)44(42)38-21-17-31(18-22-38)29-9-3-1-4-10-29;37-31-14-8-13-28(22-31)26-11-7-12-27(21-26)30-18-20-36-34(24-30)33-23-29(25-9-3-1-4-10-25)17-19-35(33)38(36)32-15-5-2-6-16-32/h1-28H;1-24H. The minimum absolute atomic E-state index is 1.08. The Hall–Kier alpha value is -9.58. The number of hydrogen-bond donors (Lipinski definition) is 0. The first kappa shape index (κ1) is 50.6. The van der Waals surface area contributed by atoms with Crippen LogP contribution in [0.4, 0.5) is 0 Å². The quantitative estimate of drug-likeness (QED) is 0.136. The monoisotopic (exact) mass is 1170 g/mol. The van der Waals surface area contributed by atoms with Crippen molar-refractivity contribution in [2.24, 2.45) is 0 Å². The summed E-state index contributed by atoms with van der Waals surface area (Å²) < 4.78 is 6.95. The van der Waals surface area contributed by atoms with Gasteiger partial charge in [0.25, 0.3) is 0 Å². The number of hydrogen-bond acceptors (Lipinski definition) is 0. The average Bonchev–Trinajstić information content (AvgIpc) is 3.84. The molecule has 2 aromatic heterocycles. The van der Waals surface area contributed by atoms with E-state index in [1.54, 1.807) is 0 Å². The van der Waals surface area contributed by atoms with E-state index < -0.39 is 0 Å². The molecular formula is C78H52Br2N2. The minimum Gasteiger partial charge on any atom is -0.309 e. The zero-order valence-electron chi connectivity index (χ0n) is 44.7. The maximum absolute atomic E-state index is 3.63. The molecule has 15 rings (SSSR count). The number of benzene rings is 13. The van der Waals surface area contributed by atoms with Gasteiger partial charge in [-0.1, -0.05) is 238 Å². The Kier molecular flexibility index (Phi) is 13.7. The van der Waals surface area contributed by atoms with E-state index in [4.69, 9.17) is 0 Å². The van der Waals surface area contributed by atoms with Gasteiger partial charge in [-0.25, -0.2) is 0 Å². The van der Waals surface area contributed by atoms with Crippen LogP contribution in [0.25, 0.3) is 133 Å². The predicted molar refractivity (Wildman–Crippen MR) is 355 cm³/mol. The lowest BCUT2D eigenvalue weighted by Gasteiger charge is -2.10. The van der Waals surface area contributed by atoms with Crippen LogP contribution in [0.15, 0.2) is 324 Å². The molecule has 0 atom stereocenters. The summed E-state index contributed by atoms with van der Waals surface area (Å²) in [6.07, 6.45) is 0. The summed E-state index contributed by atoms with van der Waals surface area (Å²) in [4.78, 5) is 0. The Morgan fingerprint density at radius 1 is 0.171 bits per heavy atom. The first-order chi connectivity index (χ1) is 40.5. The average molecular weight is 1180 g/mol. The van der Waals surface area contributed by atoms with Crippen LogP contribution >= 0.6 is 31.9 Å². The molecular weight excluding hydrogens is 1120 g/mol. The van der Waals surface area contributed by atoms with E-state index in [2.05, 4.69) is 356 Å². The van der Waals surface area contributed by atoms with Crippen LogP contribution in [-0.2, 0) is 0 Å². The molecule has 0 bridgehead atoms. The lowest BCUT2D eigenvalue weighted by atomic mass is 9.97. The number of nitrogens with zero attached hydrogens (tertiary/aromatic N) is 2. The molecule has 0 aliphatic carbocycles. The summed E-state index contributed by atoms with van der Waals surface area (Å²) in [5.74, 6) is 0. The summed E-state index contributed by atoms with van der Waals surface area (Å²) in [5.41, 5.74) is 24.2. The first-order valence-electron chi connectivity index (χ1n) is 27.7. The van der Waals surface area contributed by atoms with Gasteiger partial charge in [0.2, 0.25) is 0 Å². The van der Waals surface area contributed by atoms with Gasteiger partial charge >= 0.3 is 0 Å². The van der Waals surface area contributed by atoms with Gasteiger partial charge in [0.05, 0.1) is 22.1 Å². The highest BCUT2D eigenvalue weighted by Crippen LogP contribution is 2.41. The van der Waals surface area contributed by atoms with Crippen molar-refractivity contribution < 1.29 is 0 Å². The van der Waals surface area contributed by atoms with Gasteiger partial charge in [-0.2, -0.15) is 0 Å². The molecule has 13 aromatic carbocycles. The molecule has 82 heavy (non-hydrogen) atoms. The molecule has 2 nitrogen and oxygen atoms in total. The van der Waals surface area contributed by atoms with E-state index in [1.165, 1.54) is 127 Å². The van der Waals surface area contributed by atoms with E-state index in [9.17, 15) is 0 Å². The molecule has 15 aromatic rings. The van der Waals surface area contributed by atoms with Crippen LogP contribution < -0.4 is 0 Å². The Bertz CT molecular complexity index is 4790. The van der Waals surface area contributed by atoms with Gasteiger partial charge in [0.15, 0.2) is 0 Å². The van der Waals surface area contributed by atoms with Gasteiger partial charge in [0, 0.05) is 41.9 Å². The zero-order chi connectivity index (χ0) is 54.9. The molecule has 388 valence electrons. The fourth-order valence-electron chi connectivity index (χ4n) is 11.7. The number of rotatable bonds is 9. The summed E-state index contributed by atoms with van der Waals surface area (Å²) >= 11 is 7.25. The predicted octanol–water partition coefficient (Wildman–Crippen LogP) is 22.8. The van der Waals surface area contributed by atoms with Crippen LogP contribution in [0.2, 0.25) is 0 Å². The van der Waals surface area contributed by atoms with Crippen molar-refractivity contribution in [1.82, 2.24) is 9.13 Å². The molecule has 0 saturated heterocycles. The van der Waals surface area contributed by atoms with Crippen molar-refractivity contribution in [2.75, 3.05) is 0 Å². The second-order valence-electron chi connectivity index (χ2n) is 20.8. The lowest BCUT2D eigenvalue weighted by Crippen LogP contribution is -1.94. The number of fused-ring (bicyclic) bond motifs is 6. The Morgan fingerprint density at radius 3 is 0.744 bits per heavy atom. The Labute approximate surface area is 494 Å². The molecule has 0 aliphatic rings. The van der Waals surface area contributed by atoms with Gasteiger partial charge in [0.1, 0.15) is 0 Å².